The van der Waals surface area contributed by atoms with Gasteiger partial charge in [0.2, 0.25) is 0 Å². The van der Waals surface area contributed by atoms with Crippen LogP contribution in [-0.4, -0.2) is 54.3 Å². The SMILES string of the molecule is CC#CCN[C@@]1(C)CCCN(n2c(=O)[nH]c3nc[nH]c3c2=O)C1Cc1nc(-c2ccccc2)c2ccccc2n1. The van der Waals surface area contributed by atoms with Crippen LogP contribution in [0.4, 0.5) is 0 Å². The molecule has 0 amide bonds. The third-order valence-electron chi connectivity index (χ3n) is 7.73. The van der Waals surface area contributed by atoms with E-state index in [4.69, 9.17) is 9.97 Å². The number of aromatic nitrogens is 6. The van der Waals surface area contributed by atoms with Gasteiger partial charge in [-0.1, -0.05) is 54.5 Å². The lowest BCUT2D eigenvalue weighted by molar-refractivity contribution is 0.197. The molecule has 0 radical (unpaired) electrons. The zero-order valence-corrected chi connectivity index (χ0v) is 22.4. The molecule has 40 heavy (non-hydrogen) atoms. The van der Waals surface area contributed by atoms with Gasteiger partial charge >= 0.3 is 11.2 Å². The number of imidazole rings is 1. The standard InChI is InChI=1S/C30H30N8O2/c1-3-4-16-33-30(2)15-10-17-37(38-28(39)26-27(32-19-31-26)36-29(38)40)23(30)18-24-34-22-14-9-8-13-21(22)25(35-24)20-11-6-5-7-12-20/h5-9,11-14,19,23,33H,10,15-18H2,1-2H3,(H,31,32)(H,36,40)/t23?,30-/m0/s1. The van der Waals surface area contributed by atoms with Gasteiger partial charge in [0.15, 0.2) is 11.2 Å². The van der Waals surface area contributed by atoms with Crippen molar-refractivity contribution in [1.82, 2.24) is 34.9 Å². The number of aromatic amines is 2. The van der Waals surface area contributed by atoms with Gasteiger partial charge in [-0.05, 0) is 32.8 Å². The summed E-state index contributed by atoms with van der Waals surface area (Å²) in [6.45, 7) is 4.93. The Morgan fingerprint density at radius 3 is 2.73 bits per heavy atom. The van der Waals surface area contributed by atoms with Gasteiger partial charge < -0.3 is 9.99 Å². The first kappa shape index (κ1) is 25.5. The van der Waals surface area contributed by atoms with E-state index >= 15 is 0 Å². The van der Waals surface area contributed by atoms with Crippen LogP contribution in [0.2, 0.25) is 0 Å². The topological polar surface area (TPSA) is 125 Å². The smallest absolute Gasteiger partial charge is 0.339 e. The van der Waals surface area contributed by atoms with Crippen LogP contribution in [0.15, 0.2) is 70.5 Å². The van der Waals surface area contributed by atoms with Crippen LogP contribution in [0, 0.1) is 11.8 Å². The first-order valence-electron chi connectivity index (χ1n) is 13.4. The molecule has 0 saturated carbocycles. The molecule has 5 aromatic rings. The van der Waals surface area contributed by atoms with Crippen molar-refractivity contribution in [2.75, 3.05) is 18.1 Å². The van der Waals surface area contributed by atoms with E-state index in [0.717, 1.165) is 35.0 Å². The average molecular weight is 535 g/mol. The van der Waals surface area contributed by atoms with E-state index in [1.54, 1.807) is 6.92 Å². The van der Waals surface area contributed by atoms with Crippen molar-refractivity contribution in [3.05, 3.63) is 87.6 Å². The fourth-order valence-corrected chi connectivity index (χ4v) is 5.71. The van der Waals surface area contributed by atoms with Crippen LogP contribution in [0.25, 0.3) is 33.3 Å². The lowest BCUT2D eigenvalue weighted by Gasteiger charge is -2.49. The maximum atomic E-state index is 13.5. The lowest BCUT2D eigenvalue weighted by Crippen LogP contribution is -2.69. The van der Waals surface area contributed by atoms with Gasteiger partial charge in [0.25, 0.3) is 0 Å². The second-order valence-corrected chi connectivity index (χ2v) is 10.2. The molecular formula is C30H30N8O2. The minimum Gasteiger partial charge on any atom is -0.339 e. The summed E-state index contributed by atoms with van der Waals surface area (Å²) in [4.78, 5) is 46.5. The van der Waals surface area contributed by atoms with Crippen LogP contribution in [-0.2, 0) is 6.42 Å². The number of nitrogens with one attached hydrogen (secondary N) is 3. The summed E-state index contributed by atoms with van der Waals surface area (Å²) in [5.41, 5.74) is 1.73. The number of nitrogens with zero attached hydrogens (tertiary/aromatic N) is 5. The molecule has 10 heteroatoms. The highest BCUT2D eigenvalue weighted by atomic mass is 16.2. The van der Waals surface area contributed by atoms with Crippen LogP contribution >= 0.6 is 0 Å². The molecule has 0 spiro atoms. The van der Waals surface area contributed by atoms with Gasteiger partial charge in [0.1, 0.15) is 5.82 Å². The van der Waals surface area contributed by atoms with Crippen molar-refractivity contribution >= 4 is 22.1 Å². The molecule has 3 N–H and O–H groups in total. The molecule has 0 bridgehead atoms. The van der Waals surface area contributed by atoms with Crippen molar-refractivity contribution < 1.29 is 0 Å². The van der Waals surface area contributed by atoms with Gasteiger partial charge in [-0.15, -0.1) is 5.92 Å². The van der Waals surface area contributed by atoms with E-state index in [1.165, 1.54) is 11.0 Å². The van der Waals surface area contributed by atoms with E-state index in [0.29, 0.717) is 25.3 Å². The predicted octanol–water partition coefficient (Wildman–Crippen LogP) is 2.74. The second kappa shape index (κ2) is 10.4. The number of hydrogen-bond donors (Lipinski definition) is 3. The summed E-state index contributed by atoms with van der Waals surface area (Å²) in [7, 11) is 0. The maximum Gasteiger partial charge on any atom is 0.349 e. The number of piperidine rings is 1. The van der Waals surface area contributed by atoms with Gasteiger partial charge in [-0.2, -0.15) is 4.68 Å². The summed E-state index contributed by atoms with van der Waals surface area (Å²) in [6, 6.07) is 17.7. The Morgan fingerprint density at radius 2 is 1.90 bits per heavy atom. The van der Waals surface area contributed by atoms with Crippen molar-refractivity contribution in [1.29, 1.82) is 0 Å². The Labute approximate surface area is 230 Å². The Bertz CT molecular complexity index is 1860. The van der Waals surface area contributed by atoms with Crippen LogP contribution in [0.5, 0.6) is 0 Å². The quantitative estimate of drug-likeness (QED) is 0.286. The molecule has 4 heterocycles. The van der Waals surface area contributed by atoms with E-state index in [-0.39, 0.29) is 17.2 Å². The first-order valence-corrected chi connectivity index (χ1v) is 13.4. The molecule has 10 nitrogen and oxygen atoms in total. The second-order valence-electron chi connectivity index (χ2n) is 10.2. The van der Waals surface area contributed by atoms with Gasteiger partial charge in [-0.25, -0.2) is 19.7 Å². The molecule has 202 valence electrons. The predicted molar refractivity (Wildman–Crippen MR) is 156 cm³/mol. The van der Waals surface area contributed by atoms with Gasteiger partial charge in [-0.3, -0.25) is 15.1 Å². The highest BCUT2D eigenvalue weighted by molar-refractivity contribution is 5.92. The van der Waals surface area contributed by atoms with E-state index in [2.05, 4.69) is 39.0 Å². The number of benzene rings is 2. The third kappa shape index (κ3) is 4.54. The van der Waals surface area contributed by atoms with Crippen molar-refractivity contribution in [2.24, 2.45) is 0 Å². The molecule has 1 unspecified atom stereocenters. The number of fused-ring (bicyclic) bond motifs is 2. The number of para-hydroxylation sites is 1. The summed E-state index contributed by atoms with van der Waals surface area (Å²) in [5.74, 6) is 6.67. The third-order valence-corrected chi connectivity index (χ3v) is 7.73. The minimum atomic E-state index is -0.531. The van der Waals surface area contributed by atoms with Crippen molar-refractivity contribution in [3.63, 3.8) is 0 Å². The monoisotopic (exact) mass is 534 g/mol. The summed E-state index contributed by atoms with van der Waals surface area (Å²) in [5, 5.41) is 6.43. The van der Waals surface area contributed by atoms with Crippen LogP contribution < -0.4 is 21.6 Å². The molecule has 1 fully saturated rings. The van der Waals surface area contributed by atoms with Crippen molar-refractivity contribution in [3.8, 4) is 23.1 Å². The van der Waals surface area contributed by atoms with Gasteiger partial charge in [0, 0.05) is 29.5 Å². The first-order chi connectivity index (χ1) is 19.5. The van der Waals surface area contributed by atoms with E-state index < -0.39 is 16.8 Å². The molecule has 0 aliphatic carbocycles. The summed E-state index contributed by atoms with van der Waals surface area (Å²) < 4.78 is 1.20. The van der Waals surface area contributed by atoms with Crippen LogP contribution in [0.3, 0.4) is 0 Å². The zero-order valence-electron chi connectivity index (χ0n) is 22.4. The normalized spacial score (nSPS) is 19.1. The summed E-state index contributed by atoms with van der Waals surface area (Å²) in [6.07, 6.45) is 3.42. The molecule has 2 atom stereocenters. The molecule has 1 aliphatic rings. The highest BCUT2D eigenvalue weighted by Crippen LogP contribution is 2.31. The fourth-order valence-electron chi connectivity index (χ4n) is 5.71. The van der Waals surface area contributed by atoms with Crippen LogP contribution in [0.1, 0.15) is 32.5 Å². The molecule has 3 aromatic heterocycles. The number of rotatable bonds is 6. The van der Waals surface area contributed by atoms with Gasteiger partial charge in [0.05, 0.1) is 30.1 Å². The molecule has 1 aliphatic heterocycles. The lowest BCUT2D eigenvalue weighted by atomic mass is 9.81. The maximum absolute atomic E-state index is 13.5. The Morgan fingerprint density at radius 1 is 1.10 bits per heavy atom. The fraction of sp³-hybridized carbons (Fsp3) is 0.300. The van der Waals surface area contributed by atoms with E-state index in [1.807, 2.05) is 59.6 Å². The number of H-pyrrole nitrogens is 2. The number of hydrogen-bond acceptors (Lipinski definition) is 7. The Kier molecular flexibility index (Phi) is 6.66. The van der Waals surface area contributed by atoms with Crippen molar-refractivity contribution in [2.45, 2.75) is 44.7 Å². The largest absolute Gasteiger partial charge is 0.349 e. The molecule has 1 saturated heterocycles. The summed E-state index contributed by atoms with van der Waals surface area (Å²) >= 11 is 0. The average Bonchev–Trinajstić information content (AvgIpc) is 3.44. The molecule has 6 rings (SSSR count). The Balaban J connectivity index is 1.50. The zero-order chi connectivity index (χ0) is 27.7. The van der Waals surface area contributed by atoms with E-state index in [9.17, 15) is 9.59 Å². The molecule has 2 aromatic carbocycles. The molecular weight excluding hydrogens is 504 g/mol. The highest BCUT2D eigenvalue weighted by Gasteiger charge is 2.43. The minimum absolute atomic E-state index is 0.240. The Hall–Kier alpha value is -4.75.